The molecule has 3 rings (SSSR count). The molecule has 1 atom stereocenters. The van der Waals surface area contributed by atoms with Crippen LogP contribution in [-0.2, 0) is 0 Å². The van der Waals surface area contributed by atoms with E-state index in [4.69, 9.17) is 14.5 Å². The van der Waals surface area contributed by atoms with Crippen LogP contribution < -0.4 is 14.8 Å². The van der Waals surface area contributed by atoms with E-state index in [1.165, 1.54) is 12.8 Å². The van der Waals surface area contributed by atoms with Crippen LogP contribution in [0.15, 0.2) is 23.6 Å². The highest BCUT2D eigenvalue weighted by Gasteiger charge is 2.19. The Morgan fingerprint density at radius 2 is 2.10 bits per heavy atom. The third-order valence-corrected chi connectivity index (χ3v) is 4.48. The fourth-order valence-electron chi connectivity index (χ4n) is 2.49. The Balaban J connectivity index is 1.88. The number of nitrogens with one attached hydrogen (secondary N) is 1. The molecule has 0 bridgehead atoms. The molecule has 0 spiro atoms. The van der Waals surface area contributed by atoms with Gasteiger partial charge in [-0.2, -0.15) is 0 Å². The van der Waals surface area contributed by atoms with Crippen LogP contribution in [0.1, 0.15) is 24.6 Å². The van der Waals surface area contributed by atoms with Gasteiger partial charge in [0.1, 0.15) is 5.01 Å². The van der Waals surface area contributed by atoms with Crippen LogP contribution in [-0.4, -0.2) is 25.7 Å². The first-order valence-corrected chi connectivity index (χ1v) is 7.61. The van der Waals surface area contributed by atoms with E-state index in [0.29, 0.717) is 6.04 Å². The Kier molecular flexibility index (Phi) is 3.89. The molecule has 1 N–H and O–H groups in total. The smallest absolute Gasteiger partial charge is 0.161 e. The first-order valence-electron chi connectivity index (χ1n) is 6.73. The quantitative estimate of drug-likeness (QED) is 0.938. The number of hydrogen-bond donors (Lipinski definition) is 1. The van der Waals surface area contributed by atoms with Crippen molar-refractivity contribution in [3.63, 3.8) is 0 Å². The van der Waals surface area contributed by atoms with E-state index in [9.17, 15) is 0 Å². The highest BCUT2D eigenvalue weighted by molar-refractivity contribution is 7.13. The van der Waals surface area contributed by atoms with Crippen molar-refractivity contribution < 1.29 is 9.47 Å². The minimum Gasteiger partial charge on any atom is -0.493 e. The first-order chi connectivity index (χ1) is 9.81. The molecule has 4 nitrogen and oxygen atoms in total. The summed E-state index contributed by atoms with van der Waals surface area (Å²) in [5, 5.41) is 6.65. The number of benzene rings is 1. The van der Waals surface area contributed by atoms with E-state index in [1.54, 1.807) is 25.6 Å². The monoisotopic (exact) mass is 290 g/mol. The van der Waals surface area contributed by atoms with Gasteiger partial charge in [-0.1, -0.05) is 0 Å². The number of thiazole rings is 1. The summed E-state index contributed by atoms with van der Waals surface area (Å²) in [6, 6.07) is 6.33. The number of hydrogen-bond acceptors (Lipinski definition) is 5. The minimum atomic E-state index is 0.417. The second kappa shape index (κ2) is 5.81. The summed E-state index contributed by atoms with van der Waals surface area (Å²) in [6.45, 7) is 1.09. The van der Waals surface area contributed by atoms with Crippen molar-refractivity contribution >= 4 is 11.3 Å². The molecular weight excluding hydrogens is 272 g/mol. The molecule has 2 aromatic rings. The fraction of sp³-hybridized carbons (Fsp3) is 0.400. The predicted molar refractivity (Wildman–Crippen MR) is 80.6 cm³/mol. The molecule has 1 unspecified atom stereocenters. The van der Waals surface area contributed by atoms with Gasteiger partial charge in [-0.15, -0.1) is 11.3 Å². The van der Waals surface area contributed by atoms with Gasteiger partial charge in [0.2, 0.25) is 0 Å². The lowest BCUT2D eigenvalue weighted by Gasteiger charge is -2.08. The molecule has 0 radical (unpaired) electrons. The first kappa shape index (κ1) is 13.4. The third kappa shape index (κ3) is 2.51. The molecule has 1 aliphatic rings. The van der Waals surface area contributed by atoms with E-state index in [1.807, 2.05) is 18.2 Å². The van der Waals surface area contributed by atoms with E-state index in [2.05, 4.69) is 10.7 Å². The maximum absolute atomic E-state index is 5.34. The van der Waals surface area contributed by atoms with Crippen molar-refractivity contribution in [2.45, 2.75) is 18.9 Å². The summed E-state index contributed by atoms with van der Waals surface area (Å²) in [4.78, 5) is 4.75. The van der Waals surface area contributed by atoms with E-state index in [0.717, 1.165) is 34.3 Å². The van der Waals surface area contributed by atoms with E-state index in [-0.39, 0.29) is 0 Å². The zero-order chi connectivity index (χ0) is 13.9. The summed E-state index contributed by atoms with van der Waals surface area (Å²) >= 11 is 1.67. The Labute approximate surface area is 122 Å². The molecule has 5 heteroatoms. The second-order valence-electron chi connectivity index (χ2n) is 4.80. The lowest BCUT2D eigenvalue weighted by Crippen LogP contribution is -2.12. The van der Waals surface area contributed by atoms with Gasteiger partial charge in [-0.25, -0.2) is 4.98 Å². The van der Waals surface area contributed by atoms with Crippen molar-refractivity contribution in [2.75, 3.05) is 20.8 Å². The molecule has 0 aliphatic carbocycles. The van der Waals surface area contributed by atoms with Gasteiger partial charge in [-0.3, -0.25) is 0 Å². The number of rotatable bonds is 4. The van der Waals surface area contributed by atoms with Crippen LogP contribution in [0, 0.1) is 0 Å². The summed E-state index contributed by atoms with van der Waals surface area (Å²) < 4.78 is 10.6. The van der Waals surface area contributed by atoms with Gasteiger partial charge in [-0.05, 0) is 37.6 Å². The Morgan fingerprint density at radius 3 is 2.80 bits per heavy atom. The van der Waals surface area contributed by atoms with Crippen molar-refractivity contribution in [3.05, 3.63) is 29.3 Å². The summed E-state index contributed by atoms with van der Waals surface area (Å²) in [7, 11) is 3.29. The van der Waals surface area contributed by atoms with Crippen LogP contribution in [0.5, 0.6) is 11.5 Å². The Bertz CT molecular complexity index is 591. The minimum absolute atomic E-state index is 0.417. The summed E-state index contributed by atoms with van der Waals surface area (Å²) in [5.41, 5.74) is 2.22. The van der Waals surface area contributed by atoms with Crippen molar-refractivity contribution in [3.8, 4) is 22.1 Å². The molecule has 1 saturated heterocycles. The van der Waals surface area contributed by atoms with Crippen LogP contribution in [0.2, 0.25) is 0 Å². The Hall–Kier alpha value is -1.59. The molecule has 0 amide bonds. The molecular formula is C15H18N2O2S. The van der Waals surface area contributed by atoms with Crippen LogP contribution in [0.3, 0.4) is 0 Å². The van der Waals surface area contributed by atoms with Gasteiger partial charge in [0.05, 0.1) is 26.0 Å². The SMILES string of the molecule is COc1ccc(-c2nc(C3CCCN3)cs2)cc1OC. The predicted octanol–water partition coefficient (Wildman–Crippen LogP) is 3.25. The summed E-state index contributed by atoms with van der Waals surface area (Å²) in [6.07, 6.45) is 2.41. The van der Waals surface area contributed by atoms with Gasteiger partial charge in [0.25, 0.3) is 0 Å². The van der Waals surface area contributed by atoms with Crippen LogP contribution in [0.4, 0.5) is 0 Å². The third-order valence-electron chi connectivity index (χ3n) is 3.57. The lowest BCUT2D eigenvalue weighted by molar-refractivity contribution is 0.355. The molecule has 0 saturated carbocycles. The maximum Gasteiger partial charge on any atom is 0.161 e. The van der Waals surface area contributed by atoms with Crippen molar-refractivity contribution in [1.82, 2.24) is 10.3 Å². The topological polar surface area (TPSA) is 43.4 Å². The average molecular weight is 290 g/mol. The fourth-order valence-corrected chi connectivity index (χ4v) is 3.36. The second-order valence-corrected chi connectivity index (χ2v) is 5.65. The van der Waals surface area contributed by atoms with E-state index >= 15 is 0 Å². The van der Waals surface area contributed by atoms with Gasteiger partial charge in [0, 0.05) is 10.9 Å². The van der Waals surface area contributed by atoms with Gasteiger partial charge >= 0.3 is 0 Å². The largest absolute Gasteiger partial charge is 0.493 e. The van der Waals surface area contributed by atoms with Crippen LogP contribution >= 0.6 is 11.3 Å². The van der Waals surface area contributed by atoms with Crippen molar-refractivity contribution in [1.29, 1.82) is 0 Å². The van der Waals surface area contributed by atoms with Gasteiger partial charge < -0.3 is 14.8 Å². The molecule has 2 heterocycles. The molecule has 1 aliphatic heterocycles. The lowest BCUT2D eigenvalue weighted by atomic mass is 10.2. The molecule has 106 valence electrons. The molecule has 1 aromatic heterocycles. The zero-order valence-corrected chi connectivity index (χ0v) is 12.5. The highest BCUT2D eigenvalue weighted by Crippen LogP contribution is 2.35. The van der Waals surface area contributed by atoms with Gasteiger partial charge in [0.15, 0.2) is 11.5 Å². The number of nitrogens with zero attached hydrogens (tertiary/aromatic N) is 1. The molecule has 1 fully saturated rings. The number of methoxy groups -OCH3 is 2. The number of ether oxygens (including phenoxy) is 2. The average Bonchev–Trinajstić information content (AvgIpc) is 3.16. The molecule has 1 aromatic carbocycles. The maximum atomic E-state index is 5.34. The van der Waals surface area contributed by atoms with Crippen LogP contribution in [0.25, 0.3) is 10.6 Å². The zero-order valence-electron chi connectivity index (χ0n) is 11.7. The van der Waals surface area contributed by atoms with Crippen molar-refractivity contribution in [2.24, 2.45) is 0 Å². The summed E-state index contributed by atoms with van der Waals surface area (Å²) in [5.74, 6) is 1.48. The number of aromatic nitrogens is 1. The highest BCUT2D eigenvalue weighted by atomic mass is 32.1. The normalized spacial score (nSPS) is 18.2. The standard InChI is InChI=1S/C15H18N2O2S/c1-18-13-6-5-10(8-14(13)19-2)15-17-12(9-20-15)11-4-3-7-16-11/h5-6,8-9,11,16H,3-4,7H2,1-2H3. The molecule has 20 heavy (non-hydrogen) atoms. The Morgan fingerprint density at radius 1 is 1.25 bits per heavy atom. The van der Waals surface area contributed by atoms with E-state index < -0.39 is 0 Å².